The highest BCUT2D eigenvalue weighted by atomic mass is 15.2. The van der Waals surface area contributed by atoms with Crippen LogP contribution in [0.5, 0.6) is 0 Å². The van der Waals surface area contributed by atoms with Crippen molar-refractivity contribution in [1.82, 2.24) is 24.8 Å². The molecule has 2 aromatic heterocycles. The van der Waals surface area contributed by atoms with E-state index in [0.717, 1.165) is 17.9 Å². The van der Waals surface area contributed by atoms with E-state index in [4.69, 9.17) is 0 Å². The molecule has 0 aromatic carbocycles. The van der Waals surface area contributed by atoms with Crippen molar-refractivity contribution in [3.05, 3.63) is 6.33 Å². The van der Waals surface area contributed by atoms with Crippen molar-refractivity contribution in [1.29, 1.82) is 0 Å². The highest BCUT2D eigenvalue weighted by Crippen LogP contribution is 2.20. The number of hydrogen-bond donors (Lipinski definition) is 3. The summed E-state index contributed by atoms with van der Waals surface area (Å²) >= 11 is 0. The lowest BCUT2D eigenvalue weighted by atomic mass is 10.0. The highest BCUT2D eigenvalue weighted by molar-refractivity contribution is 5.83. The van der Waals surface area contributed by atoms with E-state index in [-0.39, 0.29) is 0 Å². The summed E-state index contributed by atoms with van der Waals surface area (Å²) in [6, 6.07) is 0.302. The highest BCUT2D eigenvalue weighted by Gasteiger charge is 2.18. The molecule has 0 saturated heterocycles. The molecule has 3 N–H and O–H groups in total. The Morgan fingerprint density at radius 1 is 1.30 bits per heavy atom. The second-order valence-corrected chi connectivity index (χ2v) is 5.50. The largest absolute Gasteiger partial charge is 0.364 e. The van der Waals surface area contributed by atoms with Gasteiger partial charge in [-0.05, 0) is 20.0 Å². The molecule has 0 aliphatic heterocycles. The van der Waals surface area contributed by atoms with E-state index >= 15 is 0 Å². The van der Waals surface area contributed by atoms with Gasteiger partial charge in [-0.2, -0.15) is 9.97 Å². The molecule has 0 saturated carbocycles. The average molecular weight is 277 g/mol. The number of aromatic amines is 1. The van der Waals surface area contributed by atoms with Crippen molar-refractivity contribution < 1.29 is 0 Å². The lowest BCUT2D eigenvalue weighted by molar-refractivity contribution is 0.344. The van der Waals surface area contributed by atoms with Crippen LogP contribution in [-0.2, 0) is 0 Å². The van der Waals surface area contributed by atoms with E-state index in [1.165, 1.54) is 0 Å². The van der Waals surface area contributed by atoms with Gasteiger partial charge in [0.05, 0.1) is 6.33 Å². The maximum absolute atomic E-state index is 4.50. The minimum atomic E-state index is 0.302. The number of imidazole rings is 1. The molecule has 0 aliphatic rings. The van der Waals surface area contributed by atoms with Crippen LogP contribution in [0.2, 0.25) is 0 Å². The number of likely N-dealkylation sites (N-methyl/N-ethyl adjacent to an activating group) is 1. The molecule has 1 atom stereocenters. The second kappa shape index (κ2) is 6.04. The molecule has 1 unspecified atom stereocenters. The molecule has 0 amide bonds. The zero-order valence-electron chi connectivity index (χ0n) is 12.7. The van der Waals surface area contributed by atoms with Crippen molar-refractivity contribution in [3.63, 3.8) is 0 Å². The Hall–Kier alpha value is -1.89. The van der Waals surface area contributed by atoms with Gasteiger partial charge in [0, 0.05) is 19.6 Å². The molecule has 2 aromatic rings. The van der Waals surface area contributed by atoms with Crippen LogP contribution >= 0.6 is 0 Å². The van der Waals surface area contributed by atoms with E-state index in [1.807, 2.05) is 0 Å². The molecule has 0 radical (unpaired) electrons. The average Bonchev–Trinajstić information content (AvgIpc) is 2.85. The van der Waals surface area contributed by atoms with Crippen LogP contribution in [0.4, 0.5) is 11.8 Å². The molecule has 2 rings (SSSR count). The van der Waals surface area contributed by atoms with Crippen LogP contribution in [0.1, 0.15) is 13.8 Å². The van der Waals surface area contributed by atoms with Crippen molar-refractivity contribution >= 4 is 22.9 Å². The lowest BCUT2D eigenvalue weighted by Gasteiger charge is -2.26. The van der Waals surface area contributed by atoms with Crippen LogP contribution in [-0.4, -0.2) is 58.6 Å². The monoisotopic (exact) mass is 277 g/mol. The molecule has 0 bridgehead atoms. The fourth-order valence-corrected chi connectivity index (χ4v) is 2.04. The lowest BCUT2D eigenvalue weighted by Crippen LogP contribution is -2.36. The SMILES string of the molecule is CNc1nc(NC(CN(C)C)C(C)C)c2[nH]cnc2n1. The quantitative estimate of drug-likeness (QED) is 0.740. The maximum Gasteiger partial charge on any atom is 0.226 e. The molecule has 7 heteroatoms. The molecule has 2 heterocycles. The van der Waals surface area contributed by atoms with Crippen LogP contribution in [0.15, 0.2) is 6.33 Å². The second-order valence-electron chi connectivity index (χ2n) is 5.50. The van der Waals surface area contributed by atoms with E-state index in [9.17, 15) is 0 Å². The van der Waals surface area contributed by atoms with Gasteiger partial charge in [0.2, 0.25) is 5.95 Å². The minimum Gasteiger partial charge on any atom is -0.364 e. The summed E-state index contributed by atoms with van der Waals surface area (Å²) < 4.78 is 0. The van der Waals surface area contributed by atoms with Gasteiger partial charge < -0.3 is 20.5 Å². The fourth-order valence-electron chi connectivity index (χ4n) is 2.04. The number of nitrogens with zero attached hydrogens (tertiary/aromatic N) is 4. The predicted molar refractivity (Wildman–Crippen MR) is 82.0 cm³/mol. The van der Waals surface area contributed by atoms with Crippen LogP contribution in [0, 0.1) is 5.92 Å². The van der Waals surface area contributed by atoms with Gasteiger partial charge >= 0.3 is 0 Å². The molecule has 20 heavy (non-hydrogen) atoms. The third kappa shape index (κ3) is 3.16. The molecule has 0 fully saturated rings. The van der Waals surface area contributed by atoms with E-state index in [1.54, 1.807) is 13.4 Å². The van der Waals surface area contributed by atoms with Gasteiger partial charge in [0.1, 0.15) is 5.52 Å². The maximum atomic E-state index is 4.50. The first-order valence-electron chi connectivity index (χ1n) is 6.81. The number of nitrogens with one attached hydrogen (secondary N) is 3. The van der Waals surface area contributed by atoms with Crippen LogP contribution < -0.4 is 10.6 Å². The Kier molecular flexibility index (Phi) is 4.39. The molecular weight excluding hydrogens is 254 g/mol. The van der Waals surface area contributed by atoms with Gasteiger partial charge in [-0.15, -0.1) is 0 Å². The van der Waals surface area contributed by atoms with E-state index in [2.05, 4.69) is 63.4 Å². The molecule has 7 nitrogen and oxygen atoms in total. The summed E-state index contributed by atoms with van der Waals surface area (Å²) in [5.74, 6) is 1.85. The Balaban J connectivity index is 2.32. The topological polar surface area (TPSA) is 81.8 Å². The molecular formula is C13H23N7. The van der Waals surface area contributed by atoms with Crippen LogP contribution in [0.3, 0.4) is 0 Å². The first-order chi connectivity index (χ1) is 9.51. The molecule has 0 spiro atoms. The molecule has 0 aliphatic carbocycles. The summed E-state index contributed by atoms with van der Waals surface area (Å²) in [6.07, 6.45) is 1.64. The van der Waals surface area contributed by atoms with Gasteiger partial charge in [0.15, 0.2) is 11.5 Å². The summed E-state index contributed by atoms with van der Waals surface area (Å²) in [4.78, 5) is 18.3. The third-order valence-electron chi connectivity index (χ3n) is 3.20. The third-order valence-corrected chi connectivity index (χ3v) is 3.20. The summed E-state index contributed by atoms with van der Waals surface area (Å²) in [5, 5.41) is 6.48. The normalized spacial score (nSPS) is 13.2. The van der Waals surface area contributed by atoms with Crippen molar-refractivity contribution in [2.75, 3.05) is 38.3 Å². The van der Waals surface area contributed by atoms with Gasteiger partial charge in [0.25, 0.3) is 0 Å². The Morgan fingerprint density at radius 3 is 2.65 bits per heavy atom. The van der Waals surface area contributed by atoms with Crippen molar-refractivity contribution in [3.8, 4) is 0 Å². The summed E-state index contributed by atoms with van der Waals surface area (Å²) in [5.41, 5.74) is 1.51. The standard InChI is InChI=1S/C13H23N7/c1-8(2)9(6-20(4)5)17-12-10-11(16-7-15-10)18-13(14-3)19-12/h7-9H,6H2,1-5H3,(H3,14,15,16,17,18,19). The fraction of sp³-hybridized carbons (Fsp3) is 0.615. The summed E-state index contributed by atoms with van der Waals surface area (Å²) in [7, 11) is 5.95. The predicted octanol–water partition coefficient (Wildman–Crippen LogP) is 1.39. The van der Waals surface area contributed by atoms with E-state index < -0.39 is 0 Å². The number of fused-ring (bicyclic) bond motifs is 1. The zero-order valence-corrected chi connectivity index (χ0v) is 12.7. The van der Waals surface area contributed by atoms with Gasteiger partial charge in [-0.1, -0.05) is 13.8 Å². The number of rotatable bonds is 6. The van der Waals surface area contributed by atoms with Crippen LogP contribution in [0.25, 0.3) is 11.2 Å². The first kappa shape index (κ1) is 14.5. The number of H-pyrrole nitrogens is 1. The van der Waals surface area contributed by atoms with Crippen molar-refractivity contribution in [2.24, 2.45) is 5.92 Å². The van der Waals surface area contributed by atoms with Gasteiger partial charge in [-0.3, -0.25) is 0 Å². The Labute approximate surface area is 119 Å². The number of anilines is 2. The van der Waals surface area contributed by atoms with Gasteiger partial charge in [-0.25, -0.2) is 4.98 Å². The zero-order chi connectivity index (χ0) is 14.7. The Bertz CT molecular complexity index is 561. The Morgan fingerprint density at radius 2 is 2.05 bits per heavy atom. The molecule has 110 valence electrons. The smallest absolute Gasteiger partial charge is 0.226 e. The van der Waals surface area contributed by atoms with Crippen molar-refractivity contribution in [2.45, 2.75) is 19.9 Å². The number of hydrogen-bond acceptors (Lipinski definition) is 6. The van der Waals surface area contributed by atoms with E-state index in [0.29, 0.717) is 23.6 Å². The number of aromatic nitrogens is 4. The minimum absolute atomic E-state index is 0.302. The summed E-state index contributed by atoms with van der Waals surface area (Å²) in [6.45, 7) is 5.34. The first-order valence-corrected chi connectivity index (χ1v) is 6.81.